The lowest BCUT2D eigenvalue weighted by atomic mass is 10.3. The number of hydrogen-bond acceptors (Lipinski definition) is 13. The first-order chi connectivity index (χ1) is 21.5. The number of rotatable bonds is 2. The minimum Gasteiger partial charge on any atom is -0.453 e. The molecule has 0 aromatic carbocycles. The highest BCUT2D eigenvalue weighted by atomic mass is 16.5. The third-order valence-electron chi connectivity index (χ3n) is 4.64. The summed E-state index contributed by atoms with van der Waals surface area (Å²) in [6.07, 6.45) is 4.21. The fourth-order valence-corrected chi connectivity index (χ4v) is 2.86. The number of urea groups is 1. The smallest absolute Gasteiger partial charge is 0.412 e. The van der Waals surface area contributed by atoms with E-state index in [9.17, 15) is 9.59 Å². The number of ether oxygens (including phenoxy) is 1. The Hall–Kier alpha value is -5.80. The summed E-state index contributed by atoms with van der Waals surface area (Å²) in [6, 6.07) is 10.2. The van der Waals surface area contributed by atoms with Crippen molar-refractivity contribution in [2.45, 2.75) is 41.5 Å². The molecule has 0 fully saturated rings. The molecule has 0 unspecified atom stereocenters. The number of amides is 3. The van der Waals surface area contributed by atoms with Crippen molar-refractivity contribution in [1.29, 1.82) is 0 Å². The van der Waals surface area contributed by atoms with E-state index in [0.29, 0.717) is 45.4 Å². The number of fused-ring (bicyclic) bond motifs is 3. The molecule has 6 aromatic heterocycles. The summed E-state index contributed by atoms with van der Waals surface area (Å²) in [5, 5.41) is 20.3. The SMILES string of the molecule is CC.CC.CC.CNC(=O)Nc1noc2ncccc12.COC(=O)Nc1noc2ncccc12.Nc1noc2ncccc12. The van der Waals surface area contributed by atoms with Crippen LogP contribution in [0.5, 0.6) is 0 Å². The number of carbonyl (C=O) groups excluding carboxylic acids is 2. The van der Waals surface area contributed by atoms with Crippen LogP contribution in [0.4, 0.5) is 27.0 Å². The molecular weight excluding hydrogens is 572 g/mol. The predicted octanol–water partition coefficient (Wildman–Crippen LogP) is 6.26. The van der Waals surface area contributed by atoms with Gasteiger partial charge in [0.1, 0.15) is 0 Å². The number of hydrogen-bond donors (Lipinski definition) is 4. The number of nitrogen functional groups attached to an aromatic ring is 1. The van der Waals surface area contributed by atoms with Gasteiger partial charge >= 0.3 is 12.1 Å². The summed E-state index contributed by atoms with van der Waals surface area (Å²) in [5.74, 6) is 1.07. The van der Waals surface area contributed by atoms with Crippen LogP contribution in [0.3, 0.4) is 0 Å². The number of carbonyl (C=O) groups is 2. The van der Waals surface area contributed by atoms with Crippen molar-refractivity contribution in [1.82, 2.24) is 35.7 Å². The largest absolute Gasteiger partial charge is 0.453 e. The van der Waals surface area contributed by atoms with E-state index in [1.807, 2.05) is 47.6 Å². The first-order valence-electron chi connectivity index (χ1n) is 13.7. The number of nitrogens with zero attached hydrogens (tertiary/aromatic N) is 6. The number of anilines is 3. The lowest BCUT2D eigenvalue weighted by molar-refractivity contribution is 0.186. The van der Waals surface area contributed by atoms with Crippen LogP contribution in [0, 0.1) is 0 Å². The second-order valence-corrected chi connectivity index (χ2v) is 7.02. The molecule has 6 rings (SSSR count). The summed E-state index contributed by atoms with van der Waals surface area (Å²) in [4.78, 5) is 33.6. The van der Waals surface area contributed by atoms with E-state index in [0.717, 1.165) is 5.39 Å². The van der Waals surface area contributed by atoms with Gasteiger partial charge in [-0.1, -0.05) is 57.0 Å². The topological polar surface area (TPSA) is 222 Å². The first-order valence-corrected chi connectivity index (χ1v) is 13.7. The Morgan fingerprint density at radius 1 is 0.682 bits per heavy atom. The van der Waals surface area contributed by atoms with Crippen molar-refractivity contribution in [3.8, 4) is 0 Å². The van der Waals surface area contributed by atoms with Gasteiger partial charge in [0, 0.05) is 25.6 Å². The third-order valence-corrected chi connectivity index (χ3v) is 4.64. The molecule has 0 saturated heterocycles. The van der Waals surface area contributed by atoms with Gasteiger partial charge in [-0.25, -0.2) is 24.5 Å². The molecule has 44 heavy (non-hydrogen) atoms. The van der Waals surface area contributed by atoms with Crippen LogP contribution in [0.1, 0.15) is 41.5 Å². The molecule has 6 heterocycles. The number of nitrogens with two attached hydrogens (primary N) is 1. The highest BCUT2D eigenvalue weighted by Gasteiger charge is 2.11. The molecule has 16 heteroatoms. The third kappa shape index (κ3) is 10.2. The van der Waals surface area contributed by atoms with Gasteiger partial charge in [0.15, 0.2) is 17.5 Å². The van der Waals surface area contributed by atoms with Gasteiger partial charge in [0.25, 0.3) is 17.1 Å². The molecule has 0 bridgehead atoms. The number of aromatic nitrogens is 6. The average molecular weight is 611 g/mol. The maximum atomic E-state index is 11.0. The van der Waals surface area contributed by atoms with Crippen LogP contribution < -0.4 is 21.7 Å². The average Bonchev–Trinajstić information content (AvgIpc) is 3.82. The van der Waals surface area contributed by atoms with E-state index < -0.39 is 6.09 Å². The molecule has 6 aromatic rings. The van der Waals surface area contributed by atoms with Gasteiger partial charge in [-0.05, 0) is 36.4 Å². The van der Waals surface area contributed by atoms with E-state index in [2.05, 4.69) is 51.1 Å². The molecule has 236 valence electrons. The predicted molar refractivity (Wildman–Crippen MR) is 168 cm³/mol. The molecule has 0 aliphatic rings. The van der Waals surface area contributed by atoms with Gasteiger partial charge in [0.2, 0.25) is 0 Å². The van der Waals surface area contributed by atoms with Crippen molar-refractivity contribution < 1.29 is 27.9 Å². The molecule has 16 nitrogen and oxygen atoms in total. The molecule has 0 aliphatic carbocycles. The fourth-order valence-electron chi connectivity index (χ4n) is 2.86. The van der Waals surface area contributed by atoms with Crippen LogP contribution in [0.2, 0.25) is 0 Å². The molecule has 0 saturated carbocycles. The Morgan fingerprint density at radius 2 is 1.09 bits per heavy atom. The standard InChI is InChI=1S/C8H8N4O2.C8H7N3O3.C6H5N3O.3C2H6/c1-9-8(13)11-6-5-3-2-4-10-7(5)14-12-6;1-13-8(12)10-6-5-3-2-4-9-7(5)14-11-6;7-5-4-2-1-3-8-6(4)10-9-5;3*1-2/h2-4H,1H3,(H2,9,11,12,13);2-4H,1H3,(H,10,11,12);1-3H,(H2,7,9);3*1-2H3. The molecule has 3 amide bonds. The van der Waals surface area contributed by atoms with E-state index in [1.165, 1.54) is 14.2 Å². The van der Waals surface area contributed by atoms with Gasteiger partial charge in [0.05, 0.1) is 23.3 Å². The minimum absolute atomic E-state index is 0.306. The van der Waals surface area contributed by atoms with Crippen LogP contribution in [-0.4, -0.2) is 56.7 Å². The summed E-state index contributed by atoms with van der Waals surface area (Å²) < 4.78 is 18.9. The Morgan fingerprint density at radius 3 is 1.52 bits per heavy atom. The second-order valence-electron chi connectivity index (χ2n) is 7.02. The molecule has 0 spiro atoms. The molecule has 0 atom stereocenters. The zero-order valence-electron chi connectivity index (χ0n) is 25.9. The lowest BCUT2D eigenvalue weighted by Gasteiger charge is -1.98. The van der Waals surface area contributed by atoms with Gasteiger partial charge in [-0.2, -0.15) is 0 Å². The molecular formula is C28H38N10O6. The highest BCUT2D eigenvalue weighted by Crippen LogP contribution is 2.20. The van der Waals surface area contributed by atoms with Crippen molar-refractivity contribution in [3.63, 3.8) is 0 Å². The number of pyridine rings is 3. The molecule has 0 radical (unpaired) electrons. The quantitative estimate of drug-likeness (QED) is 0.170. The van der Waals surface area contributed by atoms with E-state index in [4.69, 9.17) is 19.3 Å². The Labute approximate surface area is 253 Å². The zero-order chi connectivity index (χ0) is 32.9. The minimum atomic E-state index is -0.593. The molecule has 5 N–H and O–H groups in total. The Kier molecular flexibility index (Phi) is 16.6. The van der Waals surface area contributed by atoms with Crippen LogP contribution in [-0.2, 0) is 4.74 Å². The maximum Gasteiger partial charge on any atom is 0.412 e. The number of methoxy groups -OCH3 is 1. The Bertz CT molecular complexity index is 1590. The van der Waals surface area contributed by atoms with E-state index >= 15 is 0 Å². The Balaban J connectivity index is 0.000000307. The van der Waals surface area contributed by atoms with Crippen molar-refractivity contribution >= 4 is 62.9 Å². The summed E-state index contributed by atoms with van der Waals surface area (Å²) in [7, 11) is 2.80. The summed E-state index contributed by atoms with van der Waals surface area (Å²) >= 11 is 0. The fraction of sp³-hybridized carbons (Fsp3) is 0.286. The van der Waals surface area contributed by atoms with Gasteiger partial charge < -0.3 is 29.4 Å². The highest BCUT2D eigenvalue weighted by molar-refractivity contribution is 5.97. The van der Waals surface area contributed by atoms with Crippen molar-refractivity contribution in [2.75, 3.05) is 30.5 Å². The summed E-state index contributed by atoms with van der Waals surface area (Å²) in [6.45, 7) is 12.0. The lowest BCUT2D eigenvalue weighted by Crippen LogP contribution is -2.24. The van der Waals surface area contributed by atoms with Crippen LogP contribution in [0.15, 0.2) is 68.6 Å². The second kappa shape index (κ2) is 20.1. The van der Waals surface area contributed by atoms with E-state index in [-0.39, 0.29) is 6.03 Å². The summed E-state index contributed by atoms with van der Waals surface area (Å²) in [5.41, 5.74) is 6.69. The van der Waals surface area contributed by atoms with Crippen LogP contribution in [0.25, 0.3) is 33.3 Å². The van der Waals surface area contributed by atoms with Crippen LogP contribution >= 0.6 is 0 Å². The maximum absolute atomic E-state index is 11.0. The van der Waals surface area contributed by atoms with Gasteiger partial charge in [-0.3, -0.25) is 10.6 Å². The number of nitrogens with one attached hydrogen (secondary N) is 3. The van der Waals surface area contributed by atoms with E-state index in [1.54, 1.807) is 48.9 Å². The molecule has 0 aliphatic heterocycles. The zero-order valence-corrected chi connectivity index (χ0v) is 25.9. The van der Waals surface area contributed by atoms with Gasteiger partial charge in [-0.15, -0.1) is 0 Å². The normalized spacial score (nSPS) is 9.18. The first kappa shape index (κ1) is 36.2. The van der Waals surface area contributed by atoms with Crippen molar-refractivity contribution in [3.05, 3.63) is 55.0 Å². The van der Waals surface area contributed by atoms with Crippen molar-refractivity contribution in [2.24, 2.45) is 0 Å². The monoisotopic (exact) mass is 610 g/mol.